The van der Waals surface area contributed by atoms with Crippen molar-refractivity contribution in [2.75, 3.05) is 0 Å². The van der Waals surface area contributed by atoms with Gasteiger partial charge in [0.05, 0.1) is 11.6 Å². The van der Waals surface area contributed by atoms with Crippen LogP contribution in [0.25, 0.3) is 0 Å². The van der Waals surface area contributed by atoms with Gasteiger partial charge < -0.3 is 0 Å². The first kappa shape index (κ1) is 7.11. The van der Waals surface area contributed by atoms with Gasteiger partial charge in [-0.1, -0.05) is 6.07 Å². The molecule has 0 atom stereocenters. The maximum atomic E-state index is 5.66. The number of hydrogen-bond acceptors (Lipinski definition) is 1. The van der Waals surface area contributed by atoms with Gasteiger partial charge >= 0.3 is 0 Å². The molecule has 1 aliphatic carbocycles. The van der Waals surface area contributed by atoms with Crippen LogP contribution in [0.2, 0.25) is 0 Å². The van der Waals surface area contributed by atoms with Crippen LogP contribution in [0, 0.1) is 0 Å². The van der Waals surface area contributed by atoms with E-state index >= 15 is 0 Å². The second kappa shape index (κ2) is 2.82. The van der Waals surface area contributed by atoms with E-state index in [4.69, 9.17) is 11.6 Å². The lowest BCUT2D eigenvalue weighted by Crippen LogP contribution is -1.90. The molecule has 1 saturated carbocycles. The van der Waals surface area contributed by atoms with Gasteiger partial charge in [-0.15, -0.1) is 11.6 Å². The van der Waals surface area contributed by atoms with Crippen molar-refractivity contribution in [2.45, 2.75) is 24.6 Å². The van der Waals surface area contributed by atoms with Gasteiger partial charge in [0.2, 0.25) is 0 Å². The molecule has 0 saturated heterocycles. The lowest BCUT2D eigenvalue weighted by atomic mass is 10.2. The molecular formula is C9H10ClN. The fourth-order valence-corrected chi connectivity index (χ4v) is 1.33. The van der Waals surface area contributed by atoms with E-state index in [2.05, 4.69) is 11.1 Å². The molecule has 58 valence electrons. The van der Waals surface area contributed by atoms with Crippen LogP contribution in [0.1, 0.15) is 30.1 Å². The van der Waals surface area contributed by atoms with Crippen LogP contribution in [0.5, 0.6) is 0 Å². The van der Waals surface area contributed by atoms with Crippen molar-refractivity contribution in [2.24, 2.45) is 0 Å². The Morgan fingerprint density at radius 1 is 1.45 bits per heavy atom. The summed E-state index contributed by atoms with van der Waals surface area (Å²) in [4.78, 5) is 4.42. The van der Waals surface area contributed by atoms with E-state index in [-0.39, 0.29) is 0 Å². The normalized spacial score (nSPS) is 16.8. The zero-order chi connectivity index (χ0) is 7.68. The number of nitrogens with zero attached hydrogens (tertiary/aromatic N) is 1. The zero-order valence-corrected chi connectivity index (χ0v) is 7.01. The average molecular weight is 168 g/mol. The van der Waals surface area contributed by atoms with Crippen LogP contribution in [0.4, 0.5) is 0 Å². The molecule has 0 unspecified atom stereocenters. The van der Waals surface area contributed by atoms with Crippen LogP contribution < -0.4 is 0 Å². The van der Waals surface area contributed by atoms with Crippen LogP contribution in [0.3, 0.4) is 0 Å². The van der Waals surface area contributed by atoms with Crippen molar-refractivity contribution in [3.05, 3.63) is 29.6 Å². The van der Waals surface area contributed by atoms with E-state index in [0.717, 1.165) is 11.6 Å². The topological polar surface area (TPSA) is 12.9 Å². The molecule has 1 heterocycles. The summed E-state index contributed by atoms with van der Waals surface area (Å²) in [5, 5.41) is 0. The van der Waals surface area contributed by atoms with Crippen molar-refractivity contribution < 1.29 is 0 Å². The van der Waals surface area contributed by atoms with E-state index in [0.29, 0.717) is 5.88 Å². The Hall–Kier alpha value is -0.560. The number of halogens is 1. The molecule has 1 aliphatic rings. The molecule has 1 aromatic heterocycles. The van der Waals surface area contributed by atoms with E-state index in [1.54, 1.807) is 0 Å². The van der Waals surface area contributed by atoms with Gasteiger partial charge in [0.15, 0.2) is 0 Å². The number of aromatic nitrogens is 1. The Kier molecular flexibility index (Phi) is 1.82. The quantitative estimate of drug-likeness (QED) is 0.618. The van der Waals surface area contributed by atoms with E-state index < -0.39 is 0 Å². The van der Waals surface area contributed by atoms with Crippen molar-refractivity contribution in [3.63, 3.8) is 0 Å². The molecule has 1 fully saturated rings. The van der Waals surface area contributed by atoms with E-state index in [1.807, 2.05) is 12.1 Å². The van der Waals surface area contributed by atoms with Crippen molar-refractivity contribution in [1.82, 2.24) is 4.98 Å². The molecule has 0 spiro atoms. The fraction of sp³-hybridized carbons (Fsp3) is 0.444. The van der Waals surface area contributed by atoms with Gasteiger partial charge in [0.25, 0.3) is 0 Å². The molecule has 0 aromatic carbocycles. The molecule has 0 radical (unpaired) electrons. The molecular weight excluding hydrogens is 158 g/mol. The zero-order valence-electron chi connectivity index (χ0n) is 6.26. The summed E-state index contributed by atoms with van der Waals surface area (Å²) in [7, 11) is 0. The third kappa shape index (κ3) is 1.54. The Labute approximate surface area is 71.4 Å². The summed E-state index contributed by atoms with van der Waals surface area (Å²) < 4.78 is 0. The van der Waals surface area contributed by atoms with Crippen LogP contribution in [-0.2, 0) is 5.88 Å². The van der Waals surface area contributed by atoms with Gasteiger partial charge in [-0.25, -0.2) is 0 Å². The molecule has 11 heavy (non-hydrogen) atoms. The largest absolute Gasteiger partial charge is 0.256 e. The third-order valence-corrected chi connectivity index (χ3v) is 2.23. The number of alkyl halides is 1. The first-order valence-electron chi connectivity index (χ1n) is 3.92. The fourth-order valence-electron chi connectivity index (χ4n) is 1.18. The Morgan fingerprint density at radius 2 is 2.27 bits per heavy atom. The highest BCUT2D eigenvalue weighted by molar-refractivity contribution is 6.16. The maximum absolute atomic E-state index is 5.66. The van der Waals surface area contributed by atoms with Crippen LogP contribution in [0.15, 0.2) is 18.2 Å². The number of rotatable bonds is 2. The lowest BCUT2D eigenvalue weighted by Gasteiger charge is -1.98. The van der Waals surface area contributed by atoms with E-state index in [1.165, 1.54) is 18.5 Å². The summed E-state index contributed by atoms with van der Waals surface area (Å²) in [5.41, 5.74) is 2.22. The summed E-state index contributed by atoms with van der Waals surface area (Å²) >= 11 is 5.66. The highest BCUT2D eigenvalue weighted by Gasteiger charge is 2.24. The highest BCUT2D eigenvalue weighted by atomic mass is 35.5. The summed E-state index contributed by atoms with van der Waals surface area (Å²) in [6.45, 7) is 0. The predicted molar refractivity (Wildman–Crippen MR) is 45.8 cm³/mol. The molecule has 0 N–H and O–H groups in total. The molecule has 0 amide bonds. The minimum Gasteiger partial charge on any atom is -0.256 e. The monoisotopic (exact) mass is 167 g/mol. The Balaban J connectivity index is 2.26. The van der Waals surface area contributed by atoms with Gasteiger partial charge in [-0.05, 0) is 25.0 Å². The predicted octanol–water partition coefficient (Wildman–Crippen LogP) is 2.70. The molecule has 0 aliphatic heterocycles. The summed E-state index contributed by atoms with van der Waals surface area (Å²) in [6, 6.07) is 6.10. The van der Waals surface area contributed by atoms with Crippen LogP contribution >= 0.6 is 11.6 Å². The molecule has 0 bridgehead atoms. The standard InChI is InChI=1S/C9H10ClN/c10-6-8-2-1-3-9(11-8)7-4-5-7/h1-3,7H,4-6H2. The van der Waals surface area contributed by atoms with Crippen molar-refractivity contribution in [1.29, 1.82) is 0 Å². The SMILES string of the molecule is ClCc1cccc(C2CC2)n1. The molecule has 2 rings (SSSR count). The summed E-state index contributed by atoms with van der Waals surface area (Å²) in [5.74, 6) is 1.26. The third-order valence-electron chi connectivity index (χ3n) is 1.96. The average Bonchev–Trinajstić information content (AvgIpc) is 2.87. The second-order valence-corrected chi connectivity index (χ2v) is 3.23. The highest BCUT2D eigenvalue weighted by Crippen LogP contribution is 2.38. The lowest BCUT2D eigenvalue weighted by molar-refractivity contribution is 0.987. The van der Waals surface area contributed by atoms with Gasteiger partial charge in [0, 0.05) is 11.6 Å². The number of pyridine rings is 1. The van der Waals surface area contributed by atoms with Crippen LogP contribution in [-0.4, -0.2) is 4.98 Å². The Bertz CT molecular complexity index is 255. The summed E-state index contributed by atoms with van der Waals surface area (Å²) in [6.07, 6.45) is 2.61. The van der Waals surface area contributed by atoms with E-state index in [9.17, 15) is 0 Å². The molecule has 2 heteroatoms. The van der Waals surface area contributed by atoms with Crippen molar-refractivity contribution >= 4 is 11.6 Å². The van der Waals surface area contributed by atoms with Gasteiger partial charge in [-0.2, -0.15) is 0 Å². The second-order valence-electron chi connectivity index (χ2n) is 2.96. The van der Waals surface area contributed by atoms with Gasteiger partial charge in [0.1, 0.15) is 0 Å². The smallest absolute Gasteiger partial charge is 0.0647 e. The van der Waals surface area contributed by atoms with Gasteiger partial charge in [-0.3, -0.25) is 4.98 Å². The first-order chi connectivity index (χ1) is 5.40. The maximum Gasteiger partial charge on any atom is 0.0647 e. The minimum atomic E-state index is 0.528. The minimum absolute atomic E-state index is 0.528. The molecule has 1 aromatic rings. The van der Waals surface area contributed by atoms with Crippen molar-refractivity contribution in [3.8, 4) is 0 Å². The first-order valence-corrected chi connectivity index (χ1v) is 4.45. The Morgan fingerprint density at radius 3 is 2.91 bits per heavy atom. The molecule has 1 nitrogen and oxygen atoms in total. The number of hydrogen-bond donors (Lipinski definition) is 0.